The first kappa shape index (κ1) is 37.2. The molecule has 2 atom stereocenters. The third kappa shape index (κ3) is 7.38. The summed E-state index contributed by atoms with van der Waals surface area (Å²) in [5, 5.41) is 15.0. The van der Waals surface area contributed by atoms with Gasteiger partial charge in [-0.3, -0.25) is 10.6 Å². The van der Waals surface area contributed by atoms with Crippen LogP contribution in [-0.4, -0.2) is 0 Å². The van der Waals surface area contributed by atoms with Crippen LogP contribution < -0.4 is 16.4 Å². The van der Waals surface area contributed by atoms with Crippen molar-refractivity contribution in [3.63, 3.8) is 0 Å². The Morgan fingerprint density at radius 2 is 0.817 bits per heavy atom. The van der Waals surface area contributed by atoms with E-state index in [2.05, 4.69) is 217 Å². The molecule has 0 saturated heterocycles. The highest BCUT2D eigenvalue weighted by Crippen LogP contribution is 2.46. The van der Waals surface area contributed by atoms with Crippen molar-refractivity contribution >= 4 is 32.3 Å². The van der Waals surface area contributed by atoms with Crippen molar-refractivity contribution in [1.82, 2.24) is 10.6 Å². The molecule has 0 radical (unpaired) electrons. The molecule has 10 aromatic rings. The Hall–Kier alpha value is -7.14. The first-order valence-electron chi connectivity index (χ1n) is 20.7. The fourth-order valence-corrected chi connectivity index (χ4v) is 8.74. The number of fused-ring (bicyclic) bond motifs is 4. The highest BCUT2D eigenvalue weighted by molar-refractivity contribution is 6.27. The SMILES string of the molecule is NC(NC(NCc1ccc(-c2ccccc2)cc1)c1ccc(-c2ccc(-c3c4ccccc4c(-c4ccccc4)c4ccc5ccccc5c34)cc2)cc1)c1ccccc1. The molecule has 3 nitrogen and oxygen atoms in total. The lowest BCUT2D eigenvalue weighted by Gasteiger charge is -2.25. The number of rotatable bonds is 11. The summed E-state index contributed by atoms with van der Waals surface area (Å²) < 4.78 is 0. The van der Waals surface area contributed by atoms with Crippen molar-refractivity contribution in [2.24, 2.45) is 5.73 Å². The molecule has 0 fully saturated rings. The van der Waals surface area contributed by atoms with E-state index in [1.54, 1.807) is 0 Å². The van der Waals surface area contributed by atoms with Crippen molar-refractivity contribution in [2.75, 3.05) is 0 Å². The molecule has 0 amide bonds. The van der Waals surface area contributed by atoms with Gasteiger partial charge in [0, 0.05) is 6.54 Å². The fourth-order valence-electron chi connectivity index (χ4n) is 8.74. The number of nitrogens with one attached hydrogen (secondary N) is 2. The molecule has 2 unspecified atom stereocenters. The molecule has 0 bridgehead atoms. The van der Waals surface area contributed by atoms with Gasteiger partial charge in [-0.25, -0.2) is 0 Å². The minimum atomic E-state index is -0.345. The highest BCUT2D eigenvalue weighted by atomic mass is 15.2. The largest absolute Gasteiger partial charge is 0.312 e. The Balaban J connectivity index is 0.974. The Labute approximate surface area is 351 Å². The van der Waals surface area contributed by atoms with Gasteiger partial charge < -0.3 is 5.73 Å². The average Bonchev–Trinajstić information content (AvgIpc) is 3.33. The van der Waals surface area contributed by atoms with E-state index < -0.39 is 0 Å². The van der Waals surface area contributed by atoms with Crippen LogP contribution in [0.15, 0.2) is 224 Å². The molecule has 288 valence electrons. The summed E-state index contributed by atoms with van der Waals surface area (Å²) in [6.07, 6.45) is -0.525. The molecule has 0 aliphatic rings. The topological polar surface area (TPSA) is 50.1 Å². The van der Waals surface area contributed by atoms with Crippen molar-refractivity contribution in [3.05, 3.63) is 241 Å². The van der Waals surface area contributed by atoms with Crippen molar-refractivity contribution in [1.29, 1.82) is 0 Å². The van der Waals surface area contributed by atoms with Gasteiger partial charge in [0.15, 0.2) is 0 Å². The van der Waals surface area contributed by atoms with E-state index in [0.29, 0.717) is 6.54 Å². The zero-order chi connectivity index (χ0) is 40.3. The molecule has 10 rings (SSSR count). The quantitative estimate of drug-likeness (QED) is 0.0697. The summed E-state index contributed by atoms with van der Waals surface area (Å²) in [5.74, 6) is 0. The molecular weight excluding hydrogens is 727 g/mol. The molecule has 4 N–H and O–H groups in total. The summed E-state index contributed by atoms with van der Waals surface area (Å²) >= 11 is 0. The van der Waals surface area contributed by atoms with Gasteiger partial charge in [0.1, 0.15) is 0 Å². The van der Waals surface area contributed by atoms with Gasteiger partial charge in [0.05, 0.1) is 12.3 Å². The second-order valence-electron chi connectivity index (χ2n) is 15.5. The minimum Gasteiger partial charge on any atom is -0.312 e. The van der Waals surface area contributed by atoms with E-state index >= 15 is 0 Å². The standard InChI is InChI=1S/C57H45N3/c58-56(47-19-8-3-9-20-47)60-57(59-38-39-24-26-41(27-25-39)40-14-4-1-5-15-40)48-34-30-43(31-35-48)42-28-32-46(33-29-42)54-51-23-13-12-22-50(51)53(45-17-6-2-7-18-45)52-37-36-44-16-10-11-21-49(44)55(52)54/h1-37,56-57,59-60H,38,58H2. The minimum absolute atomic E-state index is 0.180. The molecule has 0 saturated carbocycles. The zero-order valence-corrected chi connectivity index (χ0v) is 33.3. The summed E-state index contributed by atoms with van der Waals surface area (Å²) in [5.41, 5.74) is 19.8. The summed E-state index contributed by atoms with van der Waals surface area (Å²) in [6, 6.07) is 80.5. The van der Waals surface area contributed by atoms with Crippen LogP contribution in [0.25, 0.3) is 76.8 Å². The maximum Gasteiger partial charge on any atom is 0.0852 e. The van der Waals surface area contributed by atoms with E-state index in [4.69, 9.17) is 5.73 Å². The van der Waals surface area contributed by atoms with Gasteiger partial charge in [-0.1, -0.05) is 224 Å². The first-order chi connectivity index (χ1) is 29.7. The second kappa shape index (κ2) is 16.6. The third-order valence-electron chi connectivity index (χ3n) is 11.8. The lowest BCUT2D eigenvalue weighted by molar-refractivity contribution is 0.386. The number of benzene rings is 10. The van der Waals surface area contributed by atoms with Crippen LogP contribution in [0.5, 0.6) is 0 Å². The van der Waals surface area contributed by atoms with Crippen LogP contribution >= 0.6 is 0 Å². The van der Waals surface area contributed by atoms with Gasteiger partial charge in [0.25, 0.3) is 0 Å². The van der Waals surface area contributed by atoms with Crippen LogP contribution in [0, 0.1) is 0 Å². The molecule has 0 aromatic heterocycles. The van der Waals surface area contributed by atoms with E-state index in [1.165, 1.54) is 76.8 Å². The van der Waals surface area contributed by atoms with E-state index in [1.807, 2.05) is 18.2 Å². The molecule has 60 heavy (non-hydrogen) atoms. The molecule has 3 heteroatoms. The Bertz CT molecular complexity index is 3030. The monoisotopic (exact) mass is 771 g/mol. The summed E-state index contributed by atoms with van der Waals surface area (Å²) in [4.78, 5) is 0. The third-order valence-corrected chi connectivity index (χ3v) is 11.8. The predicted octanol–water partition coefficient (Wildman–Crippen LogP) is 13.8. The van der Waals surface area contributed by atoms with Crippen LogP contribution in [0.1, 0.15) is 29.0 Å². The predicted molar refractivity (Wildman–Crippen MR) is 253 cm³/mol. The fraction of sp³-hybridized carbons (Fsp3) is 0.0526. The average molecular weight is 772 g/mol. The van der Waals surface area contributed by atoms with Crippen LogP contribution in [0.4, 0.5) is 0 Å². The van der Waals surface area contributed by atoms with Crippen LogP contribution in [-0.2, 0) is 6.54 Å². The highest BCUT2D eigenvalue weighted by Gasteiger charge is 2.19. The van der Waals surface area contributed by atoms with Gasteiger partial charge in [-0.15, -0.1) is 0 Å². The maximum absolute atomic E-state index is 6.76. The normalized spacial score (nSPS) is 12.5. The Morgan fingerprint density at radius 3 is 1.47 bits per heavy atom. The lowest BCUT2D eigenvalue weighted by atomic mass is 9.84. The second-order valence-corrected chi connectivity index (χ2v) is 15.5. The van der Waals surface area contributed by atoms with Gasteiger partial charge in [0.2, 0.25) is 0 Å². The zero-order valence-electron chi connectivity index (χ0n) is 33.3. The lowest BCUT2D eigenvalue weighted by Crippen LogP contribution is -2.39. The number of hydrogen-bond donors (Lipinski definition) is 3. The summed E-state index contributed by atoms with van der Waals surface area (Å²) in [6.45, 7) is 0.683. The van der Waals surface area contributed by atoms with Crippen molar-refractivity contribution in [2.45, 2.75) is 18.9 Å². The summed E-state index contributed by atoms with van der Waals surface area (Å²) in [7, 11) is 0. The Kier molecular flexibility index (Phi) is 10.3. The maximum atomic E-state index is 6.76. The van der Waals surface area contributed by atoms with Gasteiger partial charge in [-0.2, -0.15) is 0 Å². The van der Waals surface area contributed by atoms with Crippen LogP contribution in [0.2, 0.25) is 0 Å². The van der Waals surface area contributed by atoms with E-state index in [0.717, 1.165) is 16.7 Å². The molecule has 10 aromatic carbocycles. The van der Waals surface area contributed by atoms with Gasteiger partial charge in [-0.05, 0) is 93.5 Å². The van der Waals surface area contributed by atoms with E-state index in [9.17, 15) is 0 Å². The molecule has 0 aliphatic heterocycles. The van der Waals surface area contributed by atoms with Crippen molar-refractivity contribution < 1.29 is 0 Å². The number of nitrogens with two attached hydrogens (primary N) is 1. The Morgan fingerprint density at radius 1 is 0.350 bits per heavy atom. The molecule has 0 heterocycles. The van der Waals surface area contributed by atoms with E-state index in [-0.39, 0.29) is 12.3 Å². The van der Waals surface area contributed by atoms with Crippen LogP contribution in [0.3, 0.4) is 0 Å². The first-order valence-corrected chi connectivity index (χ1v) is 20.7. The number of hydrogen-bond acceptors (Lipinski definition) is 3. The molecular formula is C57H45N3. The molecule has 0 spiro atoms. The smallest absolute Gasteiger partial charge is 0.0852 e. The van der Waals surface area contributed by atoms with Gasteiger partial charge >= 0.3 is 0 Å². The van der Waals surface area contributed by atoms with Crippen molar-refractivity contribution in [3.8, 4) is 44.5 Å². The molecule has 0 aliphatic carbocycles.